The van der Waals surface area contributed by atoms with Crippen molar-refractivity contribution in [2.24, 2.45) is 0 Å². The van der Waals surface area contributed by atoms with E-state index in [1.165, 1.54) is 0 Å². The van der Waals surface area contributed by atoms with Crippen molar-refractivity contribution in [3.63, 3.8) is 0 Å². The van der Waals surface area contributed by atoms with Gasteiger partial charge >= 0.3 is 0 Å². The van der Waals surface area contributed by atoms with Crippen LogP contribution in [0.5, 0.6) is 0 Å². The van der Waals surface area contributed by atoms with Crippen molar-refractivity contribution >= 4 is 22.0 Å². The predicted molar refractivity (Wildman–Crippen MR) is 117 cm³/mol. The summed E-state index contributed by atoms with van der Waals surface area (Å²) in [6, 6.07) is 3.72. The molecule has 0 spiro atoms. The zero-order valence-corrected chi connectivity index (χ0v) is 19.1. The minimum absolute atomic E-state index is 0.0431. The number of carbonyl (C=O) groups is 1. The lowest BCUT2D eigenvalue weighted by Crippen LogP contribution is -2.33. The number of rotatable bonds is 11. The molecule has 1 aromatic rings. The van der Waals surface area contributed by atoms with Crippen LogP contribution in [0.1, 0.15) is 60.5 Å². The van der Waals surface area contributed by atoms with Gasteiger partial charge in [0.15, 0.2) is 0 Å². The molecular weight excluding hydrogens is 360 g/mol. The standard InChI is InChI=1S/C21H38N2O3S/c1-15(2)27(16(3)4,17(5)6)26-14-19(8)25-12-11-21(24)23-20-10-9-18(7)13-22-20/h9-10,13,15-17,19H,11-12,14H2,1-8H3,(H,22,23,24). The van der Waals surface area contributed by atoms with E-state index in [-0.39, 0.29) is 12.0 Å². The number of hydrogen-bond donors (Lipinski definition) is 1. The second kappa shape index (κ2) is 11.0. The van der Waals surface area contributed by atoms with E-state index >= 15 is 0 Å². The molecule has 1 heterocycles. The van der Waals surface area contributed by atoms with Gasteiger partial charge in [0.05, 0.1) is 25.7 Å². The van der Waals surface area contributed by atoms with E-state index in [0.29, 0.717) is 41.2 Å². The van der Waals surface area contributed by atoms with Crippen LogP contribution in [0.15, 0.2) is 18.3 Å². The Kier molecular flexibility index (Phi) is 9.77. The molecule has 0 aromatic carbocycles. The van der Waals surface area contributed by atoms with E-state index < -0.39 is 10.3 Å². The first-order valence-electron chi connectivity index (χ1n) is 9.88. The molecule has 0 radical (unpaired) electrons. The van der Waals surface area contributed by atoms with Gasteiger partial charge < -0.3 is 14.2 Å². The maximum absolute atomic E-state index is 12.0. The fourth-order valence-electron chi connectivity index (χ4n) is 3.40. The molecule has 1 unspecified atom stereocenters. The first kappa shape index (κ1) is 23.9. The van der Waals surface area contributed by atoms with Crippen LogP contribution in [-0.4, -0.2) is 46.0 Å². The monoisotopic (exact) mass is 398 g/mol. The van der Waals surface area contributed by atoms with Gasteiger partial charge in [-0.05, 0) is 25.5 Å². The molecule has 0 aliphatic heterocycles. The number of amides is 1. The summed E-state index contributed by atoms with van der Waals surface area (Å²) in [6.45, 7) is 18.4. The maximum Gasteiger partial charge on any atom is 0.227 e. The van der Waals surface area contributed by atoms with E-state index in [4.69, 9.17) is 8.92 Å². The summed E-state index contributed by atoms with van der Waals surface area (Å²) in [5.41, 5.74) is 1.06. The molecule has 0 aliphatic rings. The van der Waals surface area contributed by atoms with E-state index in [2.05, 4.69) is 51.8 Å². The van der Waals surface area contributed by atoms with E-state index in [0.717, 1.165) is 5.56 Å². The SMILES string of the molecule is Cc1ccc(NC(=O)CCOC(C)COS(C(C)C)(C(C)C)C(C)C)nc1. The average Bonchev–Trinajstić information content (AvgIpc) is 2.56. The Morgan fingerprint density at radius 3 is 2.15 bits per heavy atom. The van der Waals surface area contributed by atoms with Gasteiger partial charge in [-0.25, -0.2) is 4.98 Å². The minimum Gasteiger partial charge on any atom is -0.376 e. The molecule has 1 aromatic heterocycles. The molecule has 0 aliphatic carbocycles. The Hall–Kier alpha value is -1.11. The molecule has 27 heavy (non-hydrogen) atoms. The Labute approximate surface area is 167 Å². The Balaban J connectivity index is 2.42. The van der Waals surface area contributed by atoms with Crippen LogP contribution in [0.3, 0.4) is 0 Å². The summed E-state index contributed by atoms with van der Waals surface area (Å²) >= 11 is 0. The number of aryl methyl sites for hydroxylation is 1. The van der Waals surface area contributed by atoms with Crippen LogP contribution in [0.25, 0.3) is 0 Å². The highest BCUT2D eigenvalue weighted by Crippen LogP contribution is 2.61. The Morgan fingerprint density at radius 2 is 1.67 bits per heavy atom. The largest absolute Gasteiger partial charge is 0.376 e. The highest BCUT2D eigenvalue weighted by Gasteiger charge is 2.36. The van der Waals surface area contributed by atoms with Crippen molar-refractivity contribution in [3.05, 3.63) is 23.9 Å². The number of anilines is 1. The molecule has 0 fully saturated rings. The average molecular weight is 399 g/mol. The van der Waals surface area contributed by atoms with Crippen LogP contribution in [-0.2, 0) is 13.7 Å². The summed E-state index contributed by atoms with van der Waals surface area (Å²) in [5, 5.41) is 4.28. The summed E-state index contributed by atoms with van der Waals surface area (Å²) in [7, 11) is -1.19. The summed E-state index contributed by atoms with van der Waals surface area (Å²) < 4.78 is 12.3. The second-order valence-corrected chi connectivity index (χ2v) is 12.3. The number of nitrogens with zero attached hydrogens (tertiary/aromatic N) is 1. The van der Waals surface area contributed by atoms with Gasteiger partial charge in [-0.3, -0.25) is 4.79 Å². The molecule has 1 amide bonds. The molecule has 1 rings (SSSR count). The van der Waals surface area contributed by atoms with Crippen molar-refractivity contribution in [1.82, 2.24) is 4.98 Å². The second-order valence-electron chi connectivity index (χ2n) is 7.83. The number of hydrogen-bond acceptors (Lipinski definition) is 4. The molecule has 6 heteroatoms. The van der Waals surface area contributed by atoms with Crippen molar-refractivity contribution in [1.29, 1.82) is 0 Å². The first-order chi connectivity index (χ1) is 12.6. The smallest absolute Gasteiger partial charge is 0.227 e. The van der Waals surface area contributed by atoms with Crippen LogP contribution < -0.4 is 5.32 Å². The molecule has 1 N–H and O–H groups in total. The molecule has 0 saturated heterocycles. The van der Waals surface area contributed by atoms with Gasteiger partial charge in [-0.1, -0.05) is 47.6 Å². The van der Waals surface area contributed by atoms with Gasteiger partial charge in [0, 0.05) is 21.9 Å². The topological polar surface area (TPSA) is 60.5 Å². The number of aromatic nitrogens is 1. The molecular formula is C21H38N2O3S. The third-order valence-corrected chi connectivity index (χ3v) is 9.59. The predicted octanol–water partition coefficient (Wildman–Crippen LogP) is 5.09. The molecule has 1 atom stereocenters. The van der Waals surface area contributed by atoms with Gasteiger partial charge in [-0.2, -0.15) is 0 Å². The number of pyridine rings is 1. The van der Waals surface area contributed by atoms with Crippen LogP contribution in [0.2, 0.25) is 0 Å². The minimum atomic E-state index is -1.19. The number of ether oxygens (including phenoxy) is 1. The third kappa shape index (κ3) is 7.09. The van der Waals surface area contributed by atoms with E-state index in [1.807, 2.05) is 19.9 Å². The van der Waals surface area contributed by atoms with Crippen molar-refractivity contribution in [2.75, 3.05) is 18.5 Å². The van der Waals surface area contributed by atoms with Crippen LogP contribution >= 0.6 is 10.3 Å². The normalized spacial score (nSPS) is 14.0. The van der Waals surface area contributed by atoms with Gasteiger partial charge in [0.1, 0.15) is 5.82 Å². The highest BCUT2D eigenvalue weighted by atomic mass is 32.3. The fourth-order valence-corrected chi connectivity index (χ4v) is 7.91. The van der Waals surface area contributed by atoms with E-state index in [1.54, 1.807) is 12.3 Å². The summed E-state index contributed by atoms with van der Waals surface area (Å²) in [5.74, 6) is 0.479. The zero-order chi connectivity index (χ0) is 20.6. The quantitative estimate of drug-likeness (QED) is 0.564. The molecule has 0 saturated carbocycles. The van der Waals surface area contributed by atoms with Crippen molar-refractivity contribution in [3.8, 4) is 0 Å². The summed E-state index contributed by atoms with van der Waals surface area (Å²) in [6.07, 6.45) is 1.99. The van der Waals surface area contributed by atoms with Gasteiger partial charge in [-0.15, -0.1) is 10.3 Å². The van der Waals surface area contributed by atoms with Crippen molar-refractivity contribution in [2.45, 2.75) is 83.7 Å². The number of nitrogens with one attached hydrogen (secondary N) is 1. The van der Waals surface area contributed by atoms with Crippen molar-refractivity contribution < 1.29 is 13.7 Å². The lowest BCUT2D eigenvalue weighted by Gasteiger charge is -2.50. The summed E-state index contributed by atoms with van der Waals surface area (Å²) in [4.78, 5) is 16.2. The molecule has 156 valence electrons. The first-order valence-corrected chi connectivity index (χ1v) is 11.6. The Bertz CT molecular complexity index is 552. The van der Waals surface area contributed by atoms with Gasteiger partial charge in [0.2, 0.25) is 5.91 Å². The van der Waals surface area contributed by atoms with Gasteiger partial charge in [0.25, 0.3) is 0 Å². The lowest BCUT2D eigenvalue weighted by atomic mass is 10.3. The molecule has 5 nitrogen and oxygen atoms in total. The zero-order valence-electron chi connectivity index (χ0n) is 18.2. The molecule has 0 bridgehead atoms. The van der Waals surface area contributed by atoms with Crippen LogP contribution in [0.4, 0.5) is 5.82 Å². The Morgan fingerprint density at radius 1 is 1.07 bits per heavy atom. The fraction of sp³-hybridized carbons (Fsp3) is 0.714. The lowest BCUT2D eigenvalue weighted by molar-refractivity contribution is -0.117. The maximum atomic E-state index is 12.0. The van der Waals surface area contributed by atoms with E-state index in [9.17, 15) is 4.79 Å². The number of carbonyl (C=O) groups excluding carboxylic acids is 1. The van der Waals surface area contributed by atoms with Crippen LogP contribution in [0, 0.1) is 6.92 Å². The highest BCUT2D eigenvalue weighted by molar-refractivity contribution is 8.31. The third-order valence-electron chi connectivity index (χ3n) is 4.63.